The summed E-state index contributed by atoms with van der Waals surface area (Å²) < 4.78 is 0. The average Bonchev–Trinajstić information content (AvgIpc) is 3.08. The van der Waals surface area contributed by atoms with Crippen LogP contribution in [0.2, 0.25) is 0 Å². The fraction of sp³-hybridized carbons (Fsp3) is 0.533. The molecule has 1 saturated carbocycles. The van der Waals surface area contributed by atoms with E-state index < -0.39 is 5.41 Å². The number of carbonyl (C=O) groups excluding carboxylic acids is 1. The predicted octanol–water partition coefficient (Wildman–Crippen LogP) is 2.00. The molecule has 1 aromatic rings. The Morgan fingerprint density at radius 1 is 1.33 bits per heavy atom. The molecule has 0 unspecified atom stereocenters. The largest absolute Gasteiger partial charge is 0.348 e. The van der Waals surface area contributed by atoms with Gasteiger partial charge in [-0.05, 0) is 37.8 Å². The van der Waals surface area contributed by atoms with Crippen molar-refractivity contribution >= 4 is 5.91 Å². The van der Waals surface area contributed by atoms with Crippen molar-refractivity contribution in [3.05, 3.63) is 35.4 Å². The highest BCUT2D eigenvalue weighted by atomic mass is 16.2. The van der Waals surface area contributed by atoms with Crippen LogP contribution >= 0.6 is 0 Å². The summed E-state index contributed by atoms with van der Waals surface area (Å²) in [4.78, 5) is 13.9. The van der Waals surface area contributed by atoms with Crippen LogP contribution in [0.5, 0.6) is 0 Å². The van der Waals surface area contributed by atoms with Gasteiger partial charge in [0.1, 0.15) is 0 Å². The third-order valence-corrected chi connectivity index (χ3v) is 3.89. The van der Waals surface area contributed by atoms with Crippen LogP contribution in [0.4, 0.5) is 0 Å². The fourth-order valence-electron chi connectivity index (χ4n) is 2.32. The summed E-state index contributed by atoms with van der Waals surface area (Å²) in [6.07, 6.45) is 2.08. The maximum absolute atomic E-state index is 12.2. The summed E-state index contributed by atoms with van der Waals surface area (Å²) in [6.45, 7) is 3.93. The third kappa shape index (κ3) is 2.15. The van der Waals surface area contributed by atoms with E-state index in [-0.39, 0.29) is 11.4 Å². The molecule has 0 aliphatic heterocycles. The average molecular weight is 246 g/mol. The lowest BCUT2D eigenvalue weighted by atomic mass is 9.82. The minimum atomic E-state index is -0.509. The Morgan fingerprint density at radius 3 is 2.44 bits per heavy atom. The molecule has 1 amide bonds. The van der Waals surface area contributed by atoms with E-state index in [9.17, 15) is 4.79 Å². The number of amides is 1. The second-order valence-electron chi connectivity index (χ2n) is 6.06. The molecule has 0 atom stereocenters. The van der Waals surface area contributed by atoms with E-state index in [1.165, 1.54) is 0 Å². The van der Waals surface area contributed by atoms with Gasteiger partial charge in [-0.3, -0.25) is 4.79 Å². The molecule has 2 rings (SSSR count). The first kappa shape index (κ1) is 13.1. The molecular formula is C15H22N2O. The molecule has 0 heterocycles. The van der Waals surface area contributed by atoms with Gasteiger partial charge < -0.3 is 10.6 Å². The molecule has 2 N–H and O–H groups in total. The predicted molar refractivity (Wildman–Crippen MR) is 73.3 cm³/mol. The molecule has 0 aromatic heterocycles. The van der Waals surface area contributed by atoms with Crippen molar-refractivity contribution in [1.29, 1.82) is 0 Å². The van der Waals surface area contributed by atoms with E-state index in [4.69, 9.17) is 5.73 Å². The Labute approximate surface area is 109 Å². The molecule has 0 radical (unpaired) electrons. The minimum Gasteiger partial charge on any atom is -0.348 e. The van der Waals surface area contributed by atoms with Crippen LogP contribution in [0.15, 0.2) is 24.3 Å². The maximum atomic E-state index is 12.2. The normalized spacial score (nSPS) is 17.4. The molecule has 0 spiro atoms. The Bertz CT molecular complexity index is 473. The number of hydrogen-bond donors (Lipinski definition) is 1. The molecule has 98 valence electrons. The van der Waals surface area contributed by atoms with Gasteiger partial charge in [-0.2, -0.15) is 0 Å². The maximum Gasteiger partial charge on any atom is 0.232 e. The van der Waals surface area contributed by atoms with E-state index in [1.807, 2.05) is 26.0 Å². The number of nitrogens with zero attached hydrogens (tertiary/aromatic N) is 1. The lowest BCUT2D eigenvalue weighted by Crippen LogP contribution is -2.39. The number of nitrogens with two attached hydrogens (primary N) is 1. The second-order valence-corrected chi connectivity index (χ2v) is 6.06. The van der Waals surface area contributed by atoms with Crippen LogP contribution < -0.4 is 5.73 Å². The highest BCUT2D eigenvalue weighted by Gasteiger charge is 2.41. The zero-order valence-electron chi connectivity index (χ0n) is 11.7. The van der Waals surface area contributed by atoms with Gasteiger partial charge in [0.25, 0.3) is 0 Å². The zero-order chi connectivity index (χ0) is 13.6. The van der Waals surface area contributed by atoms with E-state index in [0.29, 0.717) is 0 Å². The third-order valence-electron chi connectivity index (χ3n) is 3.89. The molecule has 1 aromatic carbocycles. The number of carbonyl (C=O) groups is 1. The second kappa shape index (κ2) is 4.09. The van der Waals surface area contributed by atoms with Crippen molar-refractivity contribution in [2.45, 2.75) is 37.6 Å². The molecule has 18 heavy (non-hydrogen) atoms. The topological polar surface area (TPSA) is 46.3 Å². The van der Waals surface area contributed by atoms with Crippen molar-refractivity contribution < 1.29 is 4.79 Å². The zero-order valence-corrected chi connectivity index (χ0v) is 11.7. The van der Waals surface area contributed by atoms with Crippen LogP contribution in [0, 0.1) is 0 Å². The molecule has 3 heteroatoms. The summed E-state index contributed by atoms with van der Waals surface area (Å²) in [5, 5.41) is 0. The Morgan fingerprint density at radius 2 is 1.94 bits per heavy atom. The fourth-order valence-corrected chi connectivity index (χ4v) is 2.32. The van der Waals surface area contributed by atoms with Gasteiger partial charge in [0.2, 0.25) is 5.91 Å². The van der Waals surface area contributed by atoms with Crippen LogP contribution in [0.1, 0.15) is 37.8 Å². The molecule has 0 bridgehead atoms. The van der Waals surface area contributed by atoms with Crippen LogP contribution in [-0.4, -0.2) is 24.9 Å². The molecule has 0 saturated heterocycles. The smallest absolute Gasteiger partial charge is 0.232 e. The summed E-state index contributed by atoms with van der Waals surface area (Å²) in [7, 11) is 3.58. The Balaban J connectivity index is 2.36. The summed E-state index contributed by atoms with van der Waals surface area (Å²) in [6, 6.07) is 8.17. The first-order valence-corrected chi connectivity index (χ1v) is 6.39. The Kier molecular flexibility index (Phi) is 2.98. The minimum absolute atomic E-state index is 0.113. The highest BCUT2D eigenvalue weighted by molar-refractivity contribution is 5.87. The molecule has 1 aliphatic rings. The van der Waals surface area contributed by atoms with E-state index in [0.717, 1.165) is 24.0 Å². The lowest BCUT2D eigenvalue weighted by Gasteiger charge is -2.28. The molecular weight excluding hydrogens is 224 g/mol. The molecule has 1 fully saturated rings. The van der Waals surface area contributed by atoms with Crippen molar-refractivity contribution in [3.63, 3.8) is 0 Å². The van der Waals surface area contributed by atoms with Gasteiger partial charge in [0, 0.05) is 19.6 Å². The Hall–Kier alpha value is -1.35. The first-order valence-electron chi connectivity index (χ1n) is 6.39. The van der Waals surface area contributed by atoms with Crippen molar-refractivity contribution in [2.24, 2.45) is 5.73 Å². The van der Waals surface area contributed by atoms with Crippen LogP contribution in [0.25, 0.3) is 0 Å². The standard InChI is InChI=1S/C15H22N2O/c1-14(2,13(18)17(3)4)11-6-5-7-12(10-11)15(16)8-9-15/h5-7,10H,8-9,16H2,1-4H3. The SMILES string of the molecule is CN(C)C(=O)C(C)(C)c1cccc(C2(N)CC2)c1. The van der Waals surface area contributed by atoms with Gasteiger partial charge >= 0.3 is 0 Å². The monoisotopic (exact) mass is 246 g/mol. The summed E-state index contributed by atoms with van der Waals surface area (Å²) in [5.41, 5.74) is 7.76. The number of likely N-dealkylation sites (N-methyl/N-ethyl adjacent to an activating group) is 1. The molecule has 1 aliphatic carbocycles. The van der Waals surface area contributed by atoms with Gasteiger partial charge in [-0.1, -0.05) is 24.3 Å². The summed E-state index contributed by atoms with van der Waals surface area (Å²) in [5.74, 6) is 0.113. The lowest BCUT2D eigenvalue weighted by molar-refractivity contribution is -0.133. The van der Waals surface area contributed by atoms with Gasteiger partial charge in [0.05, 0.1) is 5.41 Å². The van der Waals surface area contributed by atoms with Crippen LogP contribution in [0.3, 0.4) is 0 Å². The first-order chi connectivity index (χ1) is 8.27. The summed E-state index contributed by atoms with van der Waals surface area (Å²) >= 11 is 0. The van der Waals surface area contributed by atoms with Gasteiger partial charge in [-0.25, -0.2) is 0 Å². The van der Waals surface area contributed by atoms with Crippen molar-refractivity contribution in [3.8, 4) is 0 Å². The molecule has 3 nitrogen and oxygen atoms in total. The van der Waals surface area contributed by atoms with E-state index >= 15 is 0 Å². The van der Waals surface area contributed by atoms with Gasteiger partial charge in [0.15, 0.2) is 0 Å². The van der Waals surface area contributed by atoms with E-state index in [1.54, 1.807) is 19.0 Å². The highest BCUT2D eigenvalue weighted by Crippen LogP contribution is 2.43. The van der Waals surface area contributed by atoms with E-state index in [2.05, 4.69) is 12.1 Å². The number of rotatable bonds is 3. The quantitative estimate of drug-likeness (QED) is 0.886. The van der Waals surface area contributed by atoms with Crippen molar-refractivity contribution in [2.75, 3.05) is 14.1 Å². The number of hydrogen-bond acceptors (Lipinski definition) is 2. The van der Waals surface area contributed by atoms with Crippen LogP contribution in [-0.2, 0) is 15.7 Å². The van der Waals surface area contributed by atoms with Gasteiger partial charge in [-0.15, -0.1) is 0 Å². The van der Waals surface area contributed by atoms with Crippen molar-refractivity contribution in [1.82, 2.24) is 4.90 Å². The number of benzene rings is 1.